The first kappa shape index (κ1) is 14.8. The Balaban J connectivity index is 1.79. The van der Waals surface area contributed by atoms with Crippen LogP contribution in [0.2, 0.25) is 0 Å². The predicted octanol–water partition coefficient (Wildman–Crippen LogP) is 2.11. The second-order valence-electron chi connectivity index (χ2n) is 5.75. The topological polar surface area (TPSA) is 67.4 Å². The molecule has 0 aromatic heterocycles. The third kappa shape index (κ3) is 3.07. The van der Waals surface area contributed by atoms with Gasteiger partial charge in [-0.3, -0.25) is 0 Å². The Kier molecular flexibility index (Phi) is 4.19. The van der Waals surface area contributed by atoms with Crippen molar-refractivity contribution in [2.24, 2.45) is 0 Å². The van der Waals surface area contributed by atoms with E-state index in [0.29, 0.717) is 23.2 Å². The molecule has 3 atom stereocenters. The van der Waals surface area contributed by atoms with Crippen LogP contribution in [0.1, 0.15) is 32.6 Å². The van der Waals surface area contributed by atoms with Crippen LogP contribution in [-0.2, 0) is 14.8 Å². The van der Waals surface area contributed by atoms with E-state index in [1.54, 1.807) is 12.1 Å². The highest BCUT2D eigenvalue weighted by Crippen LogP contribution is 2.36. The standard InChI is InChI=1S/C15H22N2O3S/c1-2-9-16-21(18,19)15-6-4-3-5-12(15)17-13-10-11-7-8-14(13)20-11/h3-6,11,13-14,16-17H,2,7-10H2,1H3. The molecule has 0 aliphatic carbocycles. The fourth-order valence-electron chi connectivity index (χ4n) is 3.12. The Hall–Kier alpha value is -1.11. The van der Waals surface area contributed by atoms with Crippen molar-refractivity contribution in [3.05, 3.63) is 24.3 Å². The lowest BCUT2D eigenvalue weighted by atomic mass is 9.95. The minimum absolute atomic E-state index is 0.214. The van der Waals surface area contributed by atoms with E-state index >= 15 is 0 Å². The van der Waals surface area contributed by atoms with E-state index in [4.69, 9.17) is 4.74 Å². The monoisotopic (exact) mass is 310 g/mol. The number of para-hydroxylation sites is 1. The van der Waals surface area contributed by atoms with E-state index in [-0.39, 0.29) is 12.1 Å². The number of benzene rings is 1. The first-order valence-electron chi connectivity index (χ1n) is 7.61. The van der Waals surface area contributed by atoms with Crippen LogP contribution in [0.25, 0.3) is 0 Å². The summed E-state index contributed by atoms with van der Waals surface area (Å²) in [6.07, 6.45) is 4.48. The van der Waals surface area contributed by atoms with Gasteiger partial charge in [-0.05, 0) is 37.8 Å². The molecular weight excluding hydrogens is 288 g/mol. The molecule has 2 heterocycles. The second-order valence-corrected chi connectivity index (χ2v) is 7.49. The van der Waals surface area contributed by atoms with Gasteiger partial charge in [0.05, 0.1) is 23.9 Å². The maximum absolute atomic E-state index is 12.4. The molecule has 3 rings (SSSR count). The van der Waals surface area contributed by atoms with Crippen molar-refractivity contribution in [1.29, 1.82) is 0 Å². The fourth-order valence-corrected chi connectivity index (χ4v) is 4.43. The van der Waals surface area contributed by atoms with E-state index in [2.05, 4.69) is 10.0 Å². The number of nitrogens with one attached hydrogen (secondary N) is 2. The van der Waals surface area contributed by atoms with Gasteiger partial charge in [-0.2, -0.15) is 0 Å². The van der Waals surface area contributed by atoms with Crippen molar-refractivity contribution in [2.75, 3.05) is 11.9 Å². The van der Waals surface area contributed by atoms with Gasteiger partial charge in [-0.25, -0.2) is 13.1 Å². The van der Waals surface area contributed by atoms with Gasteiger partial charge in [-0.15, -0.1) is 0 Å². The molecule has 6 heteroatoms. The third-order valence-corrected chi connectivity index (χ3v) is 5.68. The van der Waals surface area contributed by atoms with Crippen molar-refractivity contribution in [3.8, 4) is 0 Å². The van der Waals surface area contributed by atoms with Crippen molar-refractivity contribution in [1.82, 2.24) is 4.72 Å². The zero-order valence-electron chi connectivity index (χ0n) is 12.2. The van der Waals surface area contributed by atoms with Crippen LogP contribution in [0.15, 0.2) is 29.2 Å². The summed E-state index contributed by atoms with van der Waals surface area (Å²) >= 11 is 0. The van der Waals surface area contributed by atoms with Crippen LogP contribution in [0.5, 0.6) is 0 Å². The van der Waals surface area contributed by atoms with Gasteiger partial charge >= 0.3 is 0 Å². The number of fused-ring (bicyclic) bond motifs is 2. The van der Waals surface area contributed by atoms with Crippen molar-refractivity contribution < 1.29 is 13.2 Å². The summed E-state index contributed by atoms with van der Waals surface area (Å²) in [4.78, 5) is 0.321. The molecule has 0 amide bonds. The Labute approximate surface area is 126 Å². The zero-order chi connectivity index (χ0) is 14.9. The summed E-state index contributed by atoms with van der Waals surface area (Å²) < 4.78 is 33.2. The Morgan fingerprint density at radius 1 is 1.29 bits per heavy atom. The molecule has 1 aromatic rings. The summed E-state index contributed by atoms with van der Waals surface area (Å²) in [5.41, 5.74) is 0.669. The molecular formula is C15H22N2O3S. The predicted molar refractivity (Wildman–Crippen MR) is 81.8 cm³/mol. The number of anilines is 1. The van der Waals surface area contributed by atoms with Crippen molar-refractivity contribution in [3.63, 3.8) is 0 Å². The Morgan fingerprint density at radius 3 is 2.76 bits per heavy atom. The molecule has 0 saturated carbocycles. The molecule has 2 fully saturated rings. The number of rotatable bonds is 6. The van der Waals surface area contributed by atoms with E-state index in [0.717, 1.165) is 25.7 Å². The highest BCUT2D eigenvalue weighted by atomic mass is 32.2. The van der Waals surface area contributed by atoms with E-state index in [1.165, 1.54) is 0 Å². The van der Waals surface area contributed by atoms with Crippen LogP contribution < -0.4 is 10.0 Å². The summed E-state index contributed by atoms with van der Waals surface area (Å²) in [6, 6.07) is 7.30. The molecule has 0 spiro atoms. The lowest BCUT2D eigenvalue weighted by molar-refractivity contribution is 0.102. The lowest BCUT2D eigenvalue weighted by Gasteiger charge is -2.22. The van der Waals surface area contributed by atoms with Crippen LogP contribution in [-0.4, -0.2) is 33.2 Å². The van der Waals surface area contributed by atoms with Gasteiger partial charge in [0, 0.05) is 6.54 Å². The van der Waals surface area contributed by atoms with Crippen LogP contribution in [0.3, 0.4) is 0 Å². The molecule has 2 aliphatic rings. The smallest absolute Gasteiger partial charge is 0.242 e. The summed E-state index contributed by atoms with van der Waals surface area (Å²) in [7, 11) is -3.46. The average Bonchev–Trinajstić information content (AvgIpc) is 3.08. The number of ether oxygens (including phenoxy) is 1. The molecule has 21 heavy (non-hydrogen) atoms. The molecule has 0 radical (unpaired) electrons. The molecule has 2 bridgehead atoms. The summed E-state index contributed by atoms with van der Waals surface area (Å²) in [6.45, 7) is 2.40. The Bertz CT molecular complexity index is 603. The highest BCUT2D eigenvalue weighted by molar-refractivity contribution is 7.89. The van der Waals surface area contributed by atoms with Gasteiger partial charge in [-0.1, -0.05) is 19.1 Å². The molecule has 1 aromatic carbocycles. The Morgan fingerprint density at radius 2 is 2.10 bits per heavy atom. The molecule has 2 N–H and O–H groups in total. The molecule has 5 nitrogen and oxygen atoms in total. The molecule has 3 unspecified atom stereocenters. The number of hydrogen-bond acceptors (Lipinski definition) is 4. The van der Waals surface area contributed by atoms with Crippen molar-refractivity contribution in [2.45, 2.75) is 55.8 Å². The summed E-state index contributed by atoms with van der Waals surface area (Å²) in [5.74, 6) is 0. The van der Waals surface area contributed by atoms with E-state index < -0.39 is 10.0 Å². The normalized spacial score (nSPS) is 28.0. The van der Waals surface area contributed by atoms with Gasteiger partial charge in [0.15, 0.2) is 0 Å². The SMILES string of the molecule is CCCNS(=O)(=O)c1ccccc1NC1CC2CCC1O2. The van der Waals surface area contributed by atoms with Crippen molar-refractivity contribution >= 4 is 15.7 Å². The average molecular weight is 310 g/mol. The molecule has 2 saturated heterocycles. The van der Waals surface area contributed by atoms with Gasteiger partial charge in [0.1, 0.15) is 4.90 Å². The zero-order valence-corrected chi connectivity index (χ0v) is 13.0. The molecule has 2 aliphatic heterocycles. The highest BCUT2D eigenvalue weighted by Gasteiger charge is 2.41. The summed E-state index contributed by atoms with van der Waals surface area (Å²) in [5, 5.41) is 3.38. The number of sulfonamides is 1. The first-order valence-corrected chi connectivity index (χ1v) is 9.09. The fraction of sp³-hybridized carbons (Fsp3) is 0.600. The molecule has 116 valence electrons. The van der Waals surface area contributed by atoms with Gasteiger partial charge < -0.3 is 10.1 Å². The first-order chi connectivity index (χ1) is 10.1. The van der Waals surface area contributed by atoms with Crippen LogP contribution in [0.4, 0.5) is 5.69 Å². The van der Waals surface area contributed by atoms with E-state index in [1.807, 2.05) is 19.1 Å². The van der Waals surface area contributed by atoms with Gasteiger partial charge in [0.2, 0.25) is 10.0 Å². The van der Waals surface area contributed by atoms with Crippen LogP contribution >= 0.6 is 0 Å². The quantitative estimate of drug-likeness (QED) is 0.844. The maximum Gasteiger partial charge on any atom is 0.242 e. The number of hydrogen-bond donors (Lipinski definition) is 2. The largest absolute Gasteiger partial charge is 0.379 e. The van der Waals surface area contributed by atoms with Crippen LogP contribution in [0, 0.1) is 0 Å². The second kappa shape index (κ2) is 5.94. The maximum atomic E-state index is 12.4. The minimum Gasteiger partial charge on any atom is -0.379 e. The lowest BCUT2D eigenvalue weighted by Crippen LogP contribution is -2.32. The van der Waals surface area contributed by atoms with E-state index in [9.17, 15) is 8.42 Å². The minimum atomic E-state index is -3.46. The van der Waals surface area contributed by atoms with Gasteiger partial charge in [0.25, 0.3) is 0 Å². The third-order valence-electron chi connectivity index (χ3n) is 4.17.